The smallest absolute Gasteiger partial charge is 0.200 e. The summed E-state index contributed by atoms with van der Waals surface area (Å²) in [6.07, 6.45) is 0.853. The van der Waals surface area contributed by atoms with Crippen molar-refractivity contribution in [2.45, 2.75) is 19.4 Å². The van der Waals surface area contributed by atoms with Gasteiger partial charge in [-0.1, -0.05) is 25.1 Å². The molecule has 0 aliphatic heterocycles. The van der Waals surface area contributed by atoms with Gasteiger partial charge in [0.25, 0.3) is 0 Å². The third-order valence-electron chi connectivity index (χ3n) is 4.07. The van der Waals surface area contributed by atoms with Crippen molar-refractivity contribution in [2.75, 3.05) is 19.8 Å². The molecule has 3 rings (SSSR count). The highest BCUT2D eigenvalue weighted by Gasteiger charge is 2.11. The van der Waals surface area contributed by atoms with Crippen molar-refractivity contribution in [2.24, 2.45) is 0 Å². The molecule has 0 saturated carbocycles. The number of ether oxygens (including phenoxy) is 1. The lowest BCUT2D eigenvalue weighted by Crippen LogP contribution is -2.34. The second kappa shape index (κ2) is 7.47. The van der Waals surface area contributed by atoms with Gasteiger partial charge in [-0.05, 0) is 30.7 Å². The topological polar surface area (TPSA) is 71.7 Å². The monoisotopic (exact) mass is 327 g/mol. The molecule has 1 unspecified atom stereocenters. The predicted molar refractivity (Wildman–Crippen MR) is 94.7 cm³/mol. The largest absolute Gasteiger partial charge is 0.488 e. The predicted octanol–water partition coefficient (Wildman–Crippen LogP) is 2.69. The van der Waals surface area contributed by atoms with Gasteiger partial charge in [0.1, 0.15) is 12.2 Å². The second-order valence-electron chi connectivity index (χ2n) is 5.65. The van der Waals surface area contributed by atoms with Crippen LogP contribution in [0.15, 0.2) is 51.7 Å². The molecule has 2 aromatic carbocycles. The molecule has 1 aromatic heterocycles. The summed E-state index contributed by atoms with van der Waals surface area (Å²) in [5, 5.41) is 13.5. The molecular formula is C19H21NO4. The Morgan fingerprint density at radius 2 is 1.96 bits per heavy atom. The van der Waals surface area contributed by atoms with Gasteiger partial charge in [-0.15, -0.1) is 0 Å². The van der Waals surface area contributed by atoms with Crippen molar-refractivity contribution in [3.63, 3.8) is 0 Å². The molecule has 24 heavy (non-hydrogen) atoms. The maximum atomic E-state index is 12.6. The Hall–Kier alpha value is -2.37. The molecule has 1 atom stereocenters. The molecule has 3 aromatic rings. The van der Waals surface area contributed by atoms with E-state index in [1.165, 1.54) is 0 Å². The van der Waals surface area contributed by atoms with Gasteiger partial charge in [-0.2, -0.15) is 0 Å². The van der Waals surface area contributed by atoms with Crippen LogP contribution in [-0.2, 0) is 0 Å². The summed E-state index contributed by atoms with van der Waals surface area (Å²) in [5.41, 5.74) is 0.965. The first-order valence-corrected chi connectivity index (χ1v) is 8.16. The summed E-state index contributed by atoms with van der Waals surface area (Å²) in [6.45, 7) is 3.14. The lowest BCUT2D eigenvalue weighted by molar-refractivity contribution is 0.227. The van der Waals surface area contributed by atoms with Crippen LogP contribution in [0.1, 0.15) is 13.3 Å². The van der Waals surface area contributed by atoms with Crippen LogP contribution in [-0.4, -0.2) is 30.9 Å². The van der Waals surface area contributed by atoms with Gasteiger partial charge < -0.3 is 19.6 Å². The van der Waals surface area contributed by atoms with E-state index in [0.29, 0.717) is 40.8 Å². The molecule has 126 valence electrons. The number of fused-ring (bicyclic) bond motifs is 2. The number of hydrogen-bond donors (Lipinski definition) is 2. The molecule has 0 aliphatic rings. The molecule has 5 heteroatoms. The fourth-order valence-electron chi connectivity index (χ4n) is 2.67. The molecule has 5 nitrogen and oxygen atoms in total. The first kappa shape index (κ1) is 16.5. The average Bonchev–Trinajstić information content (AvgIpc) is 2.62. The van der Waals surface area contributed by atoms with Crippen molar-refractivity contribution in [1.82, 2.24) is 5.32 Å². The van der Waals surface area contributed by atoms with Crippen molar-refractivity contribution in [3.05, 3.63) is 52.7 Å². The van der Waals surface area contributed by atoms with E-state index in [1.54, 1.807) is 30.3 Å². The van der Waals surface area contributed by atoms with Crippen LogP contribution in [0.3, 0.4) is 0 Å². The molecule has 0 radical (unpaired) electrons. The Morgan fingerprint density at radius 1 is 1.17 bits per heavy atom. The van der Waals surface area contributed by atoms with Crippen LogP contribution >= 0.6 is 0 Å². The molecule has 0 aliphatic carbocycles. The third kappa shape index (κ3) is 3.27. The molecule has 0 amide bonds. The van der Waals surface area contributed by atoms with E-state index in [-0.39, 0.29) is 18.1 Å². The van der Waals surface area contributed by atoms with Crippen LogP contribution in [0, 0.1) is 0 Å². The number of benzene rings is 2. The fourth-order valence-corrected chi connectivity index (χ4v) is 2.67. The average molecular weight is 327 g/mol. The van der Waals surface area contributed by atoms with E-state index >= 15 is 0 Å². The Morgan fingerprint density at radius 3 is 2.75 bits per heavy atom. The summed E-state index contributed by atoms with van der Waals surface area (Å²) >= 11 is 0. The van der Waals surface area contributed by atoms with E-state index < -0.39 is 0 Å². The quantitative estimate of drug-likeness (QED) is 0.516. The molecule has 1 heterocycles. The van der Waals surface area contributed by atoms with Gasteiger partial charge in [0.15, 0.2) is 11.3 Å². The SMILES string of the molecule is CCC(CO)NCCOc1cccc2c(=O)c3ccccc3oc12. The van der Waals surface area contributed by atoms with Crippen LogP contribution < -0.4 is 15.5 Å². The second-order valence-corrected chi connectivity index (χ2v) is 5.65. The van der Waals surface area contributed by atoms with Crippen LogP contribution in [0.2, 0.25) is 0 Å². The highest BCUT2D eigenvalue weighted by molar-refractivity contribution is 5.92. The first-order chi connectivity index (χ1) is 11.7. The van der Waals surface area contributed by atoms with Gasteiger partial charge in [-0.25, -0.2) is 0 Å². The summed E-state index contributed by atoms with van der Waals surface area (Å²) in [4.78, 5) is 12.6. The number of aliphatic hydroxyl groups excluding tert-OH is 1. The number of aliphatic hydroxyl groups is 1. The number of hydrogen-bond acceptors (Lipinski definition) is 5. The molecule has 0 spiro atoms. The summed E-state index contributed by atoms with van der Waals surface area (Å²) < 4.78 is 11.7. The van der Waals surface area contributed by atoms with E-state index in [1.807, 2.05) is 19.1 Å². The number of para-hydroxylation sites is 2. The fraction of sp³-hybridized carbons (Fsp3) is 0.316. The van der Waals surface area contributed by atoms with Gasteiger partial charge in [-0.3, -0.25) is 4.79 Å². The Bertz CT molecular complexity index is 883. The highest BCUT2D eigenvalue weighted by Crippen LogP contribution is 2.26. The molecular weight excluding hydrogens is 306 g/mol. The van der Waals surface area contributed by atoms with Gasteiger partial charge in [0.2, 0.25) is 5.43 Å². The van der Waals surface area contributed by atoms with E-state index in [2.05, 4.69) is 5.32 Å². The zero-order valence-corrected chi connectivity index (χ0v) is 13.6. The van der Waals surface area contributed by atoms with Gasteiger partial charge in [0.05, 0.1) is 17.4 Å². The highest BCUT2D eigenvalue weighted by atomic mass is 16.5. The van der Waals surface area contributed by atoms with Crippen molar-refractivity contribution >= 4 is 21.9 Å². The van der Waals surface area contributed by atoms with E-state index in [0.717, 1.165) is 6.42 Å². The Balaban J connectivity index is 1.85. The van der Waals surface area contributed by atoms with Crippen LogP contribution in [0.5, 0.6) is 5.75 Å². The van der Waals surface area contributed by atoms with Crippen molar-refractivity contribution in [3.8, 4) is 5.75 Å². The number of rotatable bonds is 7. The van der Waals surface area contributed by atoms with E-state index in [9.17, 15) is 4.79 Å². The normalized spacial score (nSPS) is 12.6. The van der Waals surface area contributed by atoms with Crippen LogP contribution in [0.25, 0.3) is 21.9 Å². The molecule has 0 bridgehead atoms. The Labute approximate surface area is 139 Å². The number of nitrogens with one attached hydrogen (secondary N) is 1. The summed E-state index contributed by atoms with van der Waals surface area (Å²) in [5.74, 6) is 0.550. The minimum absolute atomic E-state index is 0.0539. The van der Waals surface area contributed by atoms with Crippen molar-refractivity contribution < 1.29 is 14.3 Å². The molecule has 0 saturated heterocycles. The van der Waals surface area contributed by atoms with E-state index in [4.69, 9.17) is 14.3 Å². The van der Waals surface area contributed by atoms with Gasteiger partial charge >= 0.3 is 0 Å². The molecule has 2 N–H and O–H groups in total. The third-order valence-corrected chi connectivity index (χ3v) is 4.07. The zero-order valence-electron chi connectivity index (χ0n) is 13.6. The maximum absolute atomic E-state index is 12.6. The van der Waals surface area contributed by atoms with Gasteiger partial charge in [0, 0.05) is 12.6 Å². The lowest BCUT2D eigenvalue weighted by atomic mass is 10.1. The minimum Gasteiger partial charge on any atom is -0.488 e. The lowest BCUT2D eigenvalue weighted by Gasteiger charge is -2.14. The Kier molecular flexibility index (Phi) is 5.13. The maximum Gasteiger partial charge on any atom is 0.200 e. The summed E-state index contributed by atoms with van der Waals surface area (Å²) in [6, 6.07) is 12.6. The van der Waals surface area contributed by atoms with Crippen molar-refractivity contribution in [1.29, 1.82) is 0 Å². The zero-order chi connectivity index (χ0) is 16.9. The molecule has 0 fully saturated rings. The summed E-state index contributed by atoms with van der Waals surface area (Å²) in [7, 11) is 0. The minimum atomic E-state index is -0.0539. The van der Waals surface area contributed by atoms with Crippen LogP contribution in [0.4, 0.5) is 0 Å². The first-order valence-electron chi connectivity index (χ1n) is 8.16. The standard InChI is InChI=1S/C19H21NO4/c1-2-13(12-21)20-10-11-23-17-9-5-7-15-18(22)14-6-3-4-8-16(14)24-19(15)17/h3-9,13,20-21H,2,10-12H2,1H3.